The summed E-state index contributed by atoms with van der Waals surface area (Å²) in [5, 5.41) is 21.8. The molecule has 2 aromatic heterocycles. The van der Waals surface area contributed by atoms with Gasteiger partial charge >= 0.3 is 5.97 Å². The smallest absolute Gasteiger partial charge is 0.358 e. The molecule has 1 fully saturated rings. The average molecular weight is 296 g/mol. The van der Waals surface area contributed by atoms with Crippen molar-refractivity contribution in [2.75, 3.05) is 0 Å². The number of rotatable bonds is 4. The van der Waals surface area contributed by atoms with Crippen molar-refractivity contribution in [3.8, 4) is 0 Å². The lowest BCUT2D eigenvalue weighted by molar-refractivity contribution is 0.0689. The summed E-state index contributed by atoms with van der Waals surface area (Å²) in [5.41, 5.74) is 2.28. The van der Waals surface area contributed by atoms with Crippen molar-refractivity contribution in [1.82, 2.24) is 24.8 Å². The Labute approximate surface area is 120 Å². The second-order valence-corrected chi connectivity index (χ2v) is 5.41. The van der Waals surface area contributed by atoms with E-state index in [2.05, 4.69) is 15.4 Å². The van der Waals surface area contributed by atoms with Crippen molar-refractivity contribution in [1.29, 1.82) is 0 Å². The van der Waals surface area contributed by atoms with Crippen LogP contribution in [-0.2, 0) is 13.6 Å². The van der Waals surface area contributed by atoms with Crippen LogP contribution < -0.4 is 0 Å². The van der Waals surface area contributed by atoms with Crippen molar-refractivity contribution in [2.24, 2.45) is 7.05 Å². The lowest BCUT2D eigenvalue weighted by atomic mass is 10.2. The summed E-state index contributed by atoms with van der Waals surface area (Å²) in [6, 6.07) is 0. The highest BCUT2D eigenvalue weighted by molar-refractivity contribution is 6.31. The molecule has 0 spiro atoms. The van der Waals surface area contributed by atoms with E-state index in [1.54, 1.807) is 16.4 Å². The van der Waals surface area contributed by atoms with E-state index in [-0.39, 0.29) is 11.6 Å². The van der Waals surface area contributed by atoms with Crippen LogP contribution in [0.3, 0.4) is 0 Å². The Kier molecular flexibility index (Phi) is 3.01. The van der Waals surface area contributed by atoms with Gasteiger partial charge in [-0.25, -0.2) is 9.48 Å². The van der Waals surface area contributed by atoms with E-state index in [0.29, 0.717) is 17.3 Å². The standard InChI is InChI=1S/C12H14ClN5O2/c1-6-9(13)8(17(2)15-6)5-18-11(7-3-4-7)10(12(19)20)14-16-18/h7H,3-5H2,1-2H3,(H,19,20). The molecule has 2 aromatic rings. The van der Waals surface area contributed by atoms with E-state index in [4.69, 9.17) is 11.6 Å². The van der Waals surface area contributed by atoms with Gasteiger partial charge in [0, 0.05) is 13.0 Å². The lowest BCUT2D eigenvalue weighted by Crippen LogP contribution is -2.11. The fraction of sp³-hybridized carbons (Fsp3) is 0.500. The SMILES string of the molecule is Cc1nn(C)c(Cn2nnc(C(=O)O)c2C2CC2)c1Cl. The lowest BCUT2D eigenvalue weighted by Gasteiger charge is -2.07. The summed E-state index contributed by atoms with van der Waals surface area (Å²) in [6.45, 7) is 2.21. The number of carbonyl (C=O) groups is 1. The Morgan fingerprint density at radius 3 is 2.70 bits per heavy atom. The van der Waals surface area contributed by atoms with Crippen molar-refractivity contribution >= 4 is 17.6 Å². The van der Waals surface area contributed by atoms with Crippen LogP contribution in [0.15, 0.2) is 0 Å². The number of hydrogen-bond acceptors (Lipinski definition) is 4. The highest BCUT2D eigenvalue weighted by atomic mass is 35.5. The van der Waals surface area contributed by atoms with Gasteiger partial charge in [0.2, 0.25) is 0 Å². The minimum Gasteiger partial charge on any atom is -0.476 e. The Hall–Kier alpha value is -1.89. The maximum atomic E-state index is 11.2. The molecule has 0 aromatic carbocycles. The van der Waals surface area contributed by atoms with Gasteiger partial charge in [-0.2, -0.15) is 5.10 Å². The third-order valence-electron chi connectivity index (χ3n) is 3.50. The molecule has 7 nitrogen and oxygen atoms in total. The first kappa shape index (κ1) is 13.1. The molecule has 3 rings (SSSR count). The van der Waals surface area contributed by atoms with Gasteiger partial charge in [0.25, 0.3) is 0 Å². The Morgan fingerprint density at radius 1 is 1.50 bits per heavy atom. The molecule has 1 saturated carbocycles. The van der Waals surface area contributed by atoms with Crippen LogP contribution in [0.4, 0.5) is 0 Å². The minimum atomic E-state index is -1.04. The van der Waals surface area contributed by atoms with Crippen LogP contribution in [0.1, 0.15) is 46.3 Å². The average Bonchev–Trinajstić information content (AvgIpc) is 3.09. The molecule has 0 aliphatic heterocycles. The van der Waals surface area contributed by atoms with Gasteiger partial charge in [0.05, 0.1) is 28.6 Å². The highest BCUT2D eigenvalue weighted by Gasteiger charge is 2.34. The van der Waals surface area contributed by atoms with E-state index in [0.717, 1.165) is 24.2 Å². The second-order valence-electron chi connectivity index (χ2n) is 5.03. The summed E-state index contributed by atoms with van der Waals surface area (Å²) in [5.74, 6) is -0.797. The van der Waals surface area contributed by atoms with E-state index in [9.17, 15) is 9.90 Å². The minimum absolute atomic E-state index is 0.0440. The van der Waals surface area contributed by atoms with Crippen LogP contribution in [0.25, 0.3) is 0 Å². The zero-order valence-corrected chi connectivity index (χ0v) is 11.9. The van der Waals surface area contributed by atoms with E-state index < -0.39 is 5.97 Å². The van der Waals surface area contributed by atoms with E-state index in [1.165, 1.54) is 0 Å². The number of carboxylic acids is 1. The molecular weight excluding hydrogens is 282 g/mol. The van der Waals surface area contributed by atoms with Crippen molar-refractivity contribution in [3.05, 3.63) is 27.8 Å². The first-order valence-electron chi connectivity index (χ1n) is 6.33. The molecule has 1 N–H and O–H groups in total. The van der Waals surface area contributed by atoms with Crippen molar-refractivity contribution < 1.29 is 9.90 Å². The Morgan fingerprint density at radius 2 is 2.20 bits per heavy atom. The molecule has 2 heterocycles. The summed E-state index contributed by atoms with van der Waals surface area (Å²) in [6.07, 6.45) is 1.96. The summed E-state index contributed by atoms with van der Waals surface area (Å²) in [4.78, 5) is 11.2. The molecule has 0 amide bonds. The fourth-order valence-corrected chi connectivity index (χ4v) is 2.56. The number of aromatic nitrogens is 5. The normalized spacial score (nSPS) is 14.8. The number of halogens is 1. The molecule has 20 heavy (non-hydrogen) atoms. The molecule has 1 aliphatic carbocycles. The fourth-order valence-electron chi connectivity index (χ4n) is 2.34. The quantitative estimate of drug-likeness (QED) is 0.926. The Bertz CT molecular complexity index is 686. The maximum absolute atomic E-state index is 11.2. The maximum Gasteiger partial charge on any atom is 0.358 e. The number of hydrogen-bond donors (Lipinski definition) is 1. The van der Waals surface area contributed by atoms with Crippen LogP contribution in [0, 0.1) is 6.92 Å². The zero-order chi connectivity index (χ0) is 14.4. The molecule has 0 bridgehead atoms. The van der Waals surface area contributed by atoms with Gasteiger partial charge in [-0.05, 0) is 19.8 Å². The molecule has 0 saturated heterocycles. The molecular formula is C12H14ClN5O2. The van der Waals surface area contributed by atoms with Gasteiger partial charge < -0.3 is 5.11 Å². The predicted molar refractivity (Wildman–Crippen MR) is 71.0 cm³/mol. The molecule has 8 heteroatoms. The summed E-state index contributed by atoms with van der Waals surface area (Å²) < 4.78 is 3.32. The van der Waals surface area contributed by atoms with Gasteiger partial charge in [0.1, 0.15) is 0 Å². The molecule has 106 valence electrons. The summed E-state index contributed by atoms with van der Waals surface area (Å²) in [7, 11) is 1.81. The zero-order valence-electron chi connectivity index (χ0n) is 11.2. The first-order valence-corrected chi connectivity index (χ1v) is 6.71. The second kappa shape index (κ2) is 4.59. The highest BCUT2D eigenvalue weighted by Crippen LogP contribution is 2.41. The Balaban J connectivity index is 2.01. The van der Waals surface area contributed by atoms with Gasteiger partial charge in [-0.1, -0.05) is 16.8 Å². The number of aromatic carboxylic acids is 1. The van der Waals surface area contributed by atoms with Crippen LogP contribution in [0.2, 0.25) is 5.02 Å². The molecule has 1 aliphatic rings. The van der Waals surface area contributed by atoms with Gasteiger partial charge in [-0.3, -0.25) is 4.68 Å². The molecule has 0 atom stereocenters. The van der Waals surface area contributed by atoms with Gasteiger partial charge in [-0.15, -0.1) is 5.10 Å². The van der Waals surface area contributed by atoms with E-state index in [1.807, 2.05) is 6.92 Å². The number of carboxylic acid groups (broad SMARTS) is 1. The summed E-state index contributed by atoms with van der Waals surface area (Å²) >= 11 is 6.22. The molecule has 0 unspecified atom stereocenters. The van der Waals surface area contributed by atoms with Gasteiger partial charge in [0.15, 0.2) is 5.69 Å². The van der Waals surface area contributed by atoms with E-state index >= 15 is 0 Å². The van der Waals surface area contributed by atoms with Crippen molar-refractivity contribution in [2.45, 2.75) is 32.2 Å². The number of nitrogens with zero attached hydrogens (tertiary/aromatic N) is 5. The van der Waals surface area contributed by atoms with Crippen LogP contribution >= 0.6 is 11.6 Å². The van der Waals surface area contributed by atoms with Crippen LogP contribution in [0.5, 0.6) is 0 Å². The monoisotopic (exact) mass is 295 g/mol. The predicted octanol–water partition coefficient (Wildman–Crippen LogP) is 1.60. The third-order valence-corrected chi connectivity index (χ3v) is 3.99. The largest absolute Gasteiger partial charge is 0.476 e. The third kappa shape index (κ3) is 2.07. The topological polar surface area (TPSA) is 85.8 Å². The first-order chi connectivity index (χ1) is 9.49. The number of aryl methyl sites for hydroxylation is 2. The van der Waals surface area contributed by atoms with Crippen LogP contribution in [-0.4, -0.2) is 35.9 Å². The van der Waals surface area contributed by atoms with Crippen molar-refractivity contribution in [3.63, 3.8) is 0 Å². The molecule has 0 radical (unpaired) electrons.